The number of sulfonamides is 1. The van der Waals surface area contributed by atoms with Crippen LogP contribution >= 0.6 is 22.9 Å². The number of hydrogen-bond acceptors (Lipinski definition) is 11. The Morgan fingerprint density at radius 3 is 2.61 bits per heavy atom. The number of ether oxygens (including phenoxy) is 3. The third kappa shape index (κ3) is 7.15. The molecule has 46 heavy (non-hydrogen) atoms. The number of thiazole rings is 1. The van der Waals surface area contributed by atoms with Gasteiger partial charge in [0.25, 0.3) is 15.8 Å². The molecule has 2 N–H and O–H groups in total. The van der Waals surface area contributed by atoms with Gasteiger partial charge >= 0.3 is 6.09 Å². The van der Waals surface area contributed by atoms with Crippen LogP contribution in [0.15, 0.2) is 52.3 Å². The van der Waals surface area contributed by atoms with Gasteiger partial charge < -0.3 is 19.4 Å². The van der Waals surface area contributed by atoms with E-state index in [0.717, 1.165) is 42.4 Å². The van der Waals surface area contributed by atoms with Crippen LogP contribution in [-0.4, -0.2) is 46.7 Å². The summed E-state index contributed by atoms with van der Waals surface area (Å²) in [6.45, 7) is 5.04. The van der Waals surface area contributed by atoms with Gasteiger partial charge in [-0.1, -0.05) is 11.6 Å². The Kier molecular flexibility index (Phi) is 9.65. The maximum Gasteiger partial charge on any atom is 0.430 e. The minimum atomic E-state index is -4.97. The Bertz CT molecular complexity index is 1840. The molecule has 246 valence electrons. The van der Waals surface area contributed by atoms with Crippen molar-refractivity contribution in [3.05, 3.63) is 69.3 Å². The van der Waals surface area contributed by atoms with Crippen LogP contribution in [0, 0.1) is 16.8 Å². The van der Waals surface area contributed by atoms with E-state index in [-0.39, 0.29) is 32.7 Å². The number of carbonyl (C=O) groups is 1. The minimum Gasteiger partial charge on any atom is -0.594 e. The first-order valence-corrected chi connectivity index (χ1v) is 16.5. The number of anilines is 1. The molecule has 1 aliphatic rings. The van der Waals surface area contributed by atoms with Crippen molar-refractivity contribution in [2.45, 2.75) is 56.8 Å². The molecule has 0 radical (unpaired) electrons. The van der Waals surface area contributed by atoms with Crippen LogP contribution in [0.3, 0.4) is 0 Å². The molecule has 1 aliphatic heterocycles. The Morgan fingerprint density at radius 1 is 1.22 bits per heavy atom. The van der Waals surface area contributed by atoms with Crippen molar-refractivity contribution in [1.82, 2.24) is 14.8 Å². The summed E-state index contributed by atoms with van der Waals surface area (Å²) >= 11 is 7.38. The minimum absolute atomic E-state index is 0.0109. The topological polar surface area (TPSA) is 161 Å². The van der Waals surface area contributed by atoms with Gasteiger partial charge in [0.05, 0.1) is 16.1 Å². The molecule has 0 spiro atoms. The number of quaternary nitrogens is 1. The molecule has 3 heterocycles. The van der Waals surface area contributed by atoms with Gasteiger partial charge in [-0.3, -0.25) is 0 Å². The van der Waals surface area contributed by atoms with Crippen LogP contribution in [-0.2, 0) is 19.5 Å². The van der Waals surface area contributed by atoms with Gasteiger partial charge in [-0.05, 0) is 64.3 Å². The molecule has 13 nitrogen and oxygen atoms in total. The van der Waals surface area contributed by atoms with E-state index in [2.05, 4.69) is 10.1 Å². The molecule has 2 atom stereocenters. The lowest BCUT2D eigenvalue weighted by Gasteiger charge is -2.26. The number of aromatic nitrogens is 3. The van der Waals surface area contributed by atoms with Gasteiger partial charge in [-0.15, -0.1) is 20.7 Å². The molecule has 5 rings (SSSR count). The van der Waals surface area contributed by atoms with Crippen molar-refractivity contribution in [3.8, 4) is 22.6 Å². The van der Waals surface area contributed by atoms with E-state index in [1.165, 1.54) is 48.6 Å². The molecule has 2 aromatic heterocycles. The largest absolute Gasteiger partial charge is 0.594 e. The normalized spacial score (nSPS) is 16.2. The quantitative estimate of drug-likeness (QED) is 0.210. The van der Waals surface area contributed by atoms with E-state index in [0.29, 0.717) is 19.1 Å². The van der Waals surface area contributed by atoms with Crippen LogP contribution in [0.4, 0.5) is 25.2 Å². The van der Waals surface area contributed by atoms with Crippen molar-refractivity contribution in [2.24, 2.45) is 0 Å². The number of halogens is 3. The monoisotopic (exact) mass is 699 g/mol. The van der Waals surface area contributed by atoms with Crippen molar-refractivity contribution in [1.29, 1.82) is 0 Å². The molecule has 1 saturated heterocycles. The lowest BCUT2D eigenvalue weighted by molar-refractivity contribution is -0.993. The van der Waals surface area contributed by atoms with Crippen LogP contribution in [0.2, 0.25) is 5.02 Å². The first kappa shape index (κ1) is 33.6. The number of benzene rings is 2. The maximum absolute atomic E-state index is 15.6. The predicted molar refractivity (Wildman–Crippen MR) is 162 cm³/mol. The fourth-order valence-electron chi connectivity index (χ4n) is 4.56. The maximum atomic E-state index is 15.6. The zero-order chi connectivity index (χ0) is 33.4. The summed E-state index contributed by atoms with van der Waals surface area (Å²) in [4.78, 5) is 15.9. The SMILES string of the molecule is CC(C)(C)OC(=O)N(c1cscn1)S(=O)(=O)c1cc(Cl)c(Oc2ccc(F)cc2-c2cn(C3CCCCO3)nc2[NH+]([O-])O)cc1F. The van der Waals surface area contributed by atoms with Gasteiger partial charge in [-0.25, -0.2) is 36.9 Å². The van der Waals surface area contributed by atoms with E-state index in [1.807, 2.05) is 0 Å². The highest BCUT2D eigenvalue weighted by atomic mass is 35.5. The number of hydrogen-bond donors (Lipinski definition) is 2. The summed E-state index contributed by atoms with van der Waals surface area (Å²) < 4.78 is 75.7. The molecule has 2 aromatic carbocycles. The summed E-state index contributed by atoms with van der Waals surface area (Å²) in [6, 6.07) is 4.64. The molecule has 2 unspecified atom stereocenters. The summed E-state index contributed by atoms with van der Waals surface area (Å²) in [6.07, 6.45) is 1.82. The Hall–Kier alpha value is -3.71. The second-order valence-corrected chi connectivity index (χ2v) is 13.9. The van der Waals surface area contributed by atoms with E-state index in [9.17, 15) is 28.0 Å². The highest BCUT2D eigenvalue weighted by molar-refractivity contribution is 7.93. The molecule has 1 fully saturated rings. The molecule has 18 heteroatoms. The fraction of sp³-hybridized carbons (Fsp3) is 0.321. The summed E-state index contributed by atoms with van der Waals surface area (Å²) in [7, 11) is -4.97. The average molecular weight is 700 g/mol. The van der Waals surface area contributed by atoms with Crippen LogP contribution in [0.1, 0.15) is 46.3 Å². The van der Waals surface area contributed by atoms with E-state index in [4.69, 9.17) is 25.8 Å². The number of carbonyl (C=O) groups excluding carboxylic acids is 1. The van der Waals surface area contributed by atoms with Crippen LogP contribution < -0.4 is 14.3 Å². The molecular weight excluding hydrogens is 672 g/mol. The van der Waals surface area contributed by atoms with Gasteiger partial charge in [0.1, 0.15) is 39.9 Å². The Labute approximate surface area is 271 Å². The van der Waals surface area contributed by atoms with E-state index >= 15 is 4.39 Å². The van der Waals surface area contributed by atoms with Gasteiger partial charge in [-0.2, -0.15) is 5.23 Å². The Morgan fingerprint density at radius 2 is 1.98 bits per heavy atom. The van der Waals surface area contributed by atoms with Crippen molar-refractivity contribution >= 4 is 50.7 Å². The second kappa shape index (κ2) is 13.2. The molecule has 4 aromatic rings. The summed E-state index contributed by atoms with van der Waals surface area (Å²) in [5, 5.41) is 25.6. The average Bonchev–Trinajstić information content (AvgIpc) is 3.66. The highest BCUT2D eigenvalue weighted by Gasteiger charge is 2.38. The third-order valence-corrected chi connectivity index (χ3v) is 9.08. The van der Waals surface area contributed by atoms with Crippen molar-refractivity contribution < 1.29 is 46.6 Å². The van der Waals surface area contributed by atoms with Gasteiger partial charge in [0.2, 0.25) is 0 Å². The molecule has 0 saturated carbocycles. The zero-order valence-electron chi connectivity index (χ0n) is 24.6. The van der Waals surface area contributed by atoms with Crippen molar-refractivity contribution in [2.75, 3.05) is 10.9 Å². The van der Waals surface area contributed by atoms with Crippen molar-refractivity contribution in [3.63, 3.8) is 0 Å². The smallest absolute Gasteiger partial charge is 0.430 e. The number of nitrogens with zero attached hydrogens (tertiary/aromatic N) is 4. The Balaban J connectivity index is 1.53. The van der Waals surface area contributed by atoms with Crippen LogP contribution in [0.5, 0.6) is 11.5 Å². The second-order valence-electron chi connectivity index (χ2n) is 11.0. The lowest BCUT2D eigenvalue weighted by atomic mass is 10.1. The highest BCUT2D eigenvalue weighted by Crippen LogP contribution is 2.41. The number of amides is 1. The first-order chi connectivity index (χ1) is 21.7. The number of nitrogens with one attached hydrogen (secondary N) is 1. The van der Waals surface area contributed by atoms with Gasteiger partial charge in [0, 0.05) is 29.8 Å². The lowest BCUT2D eigenvalue weighted by Crippen LogP contribution is -2.99. The molecular formula is C28H28ClF2N5O8S2. The molecule has 1 amide bonds. The van der Waals surface area contributed by atoms with E-state index < -0.39 is 60.5 Å². The standard InChI is InChI=1S/C28H28ClF2N5O8S2/c1-28(2,3)44-27(37)35(24-14-45-15-32-24)46(40,41)23-11-19(29)22(12-20(23)31)43-21-8-7-16(30)10-17(21)18-13-34(33-26(18)36(38)39)25-6-4-5-9-42-25/h7-8,10-15,25,36,38H,4-6,9H2,1-3H3. The number of rotatable bonds is 8. The summed E-state index contributed by atoms with van der Waals surface area (Å²) in [5.41, 5.74) is 0.127. The van der Waals surface area contributed by atoms with Gasteiger partial charge in [0.15, 0.2) is 5.82 Å². The van der Waals surface area contributed by atoms with E-state index in [1.54, 1.807) is 0 Å². The van der Waals surface area contributed by atoms with Crippen LogP contribution in [0.25, 0.3) is 11.1 Å². The molecule has 0 bridgehead atoms. The predicted octanol–water partition coefficient (Wildman–Crippen LogP) is 5.96. The molecule has 0 aliphatic carbocycles. The summed E-state index contributed by atoms with van der Waals surface area (Å²) in [5.74, 6) is -3.33. The fourth-order valence-corrected chi connectivity index (χ4v) is 6.76. The third-order valence-electron chi connectivity index (χ3n) is 6.53. The zero-order valence-corrected chi connectivity index (χ0v) is 27.0. The first-order valence-electron chi connectivity index (χ1n) is 13.7.